The van der Waals surface area contributed by atoms with Crippen molar-refractivity contribution in [3.8, 4) is 6.01 Å². The molecule has 0 saturated heterocycles. The molecular weight excluding hydrogens is 136 g/mol. The molecule has 1 heterocycles. The minimum atomic E-state index is 0.290. The summed E-state index contributed by atoms with van der Waals surface area (Å²) in [6.45, 7) is 0. The number of nitrogens with zero attached hydrogens (tertiary/aromatic N) is 2. The molecule has 0 aliphatic carbocycles. The molecule has 1 aromatic rings. The van der Waals surface area contributed by atoms with E-state index < -0.39 is 0 Å². The molecule has 1 radical (unpaired) electrons. The zero-order valence-corrected chi connectivity index (χ0v) is 5.51. The van der Waals surface area contributed by atoms with Gasteiger partial charge in [0.2, 0.25) is 0 Å². The second-order valence-corrected chi connectivity index (χ2v) is 1.50. The van der Waals surface area contributed by atoms with Crippen LogP contribution in [0.2, 0.25) is 0 Å². The average Bonchev–Trinajstić information content (AvgIpc) is 1.91. The van der Waals surface area contributed by atoms with Gasteiger partial charge in [0.15, 0.2) is 0 Å². The summed E-state index contributed by atoms with van der Waals surface area (Å²) in [5.41, 5.74) is 0. The first kappa shape index (κ1) is 6.35. The Labute approximate surface area is 58.5 Å². The van der Waals surface area contributed by atoms with Crippen LogP contribution in [0.25, 0.3) is 0 Å². The Balaban J connectivity index is 2.61. The number of rotatable bonds is 2. The van der Waals surface area contributed by atoms with Gasteiger partial charge in [0.05, 0.1) is 6.20 Å². The maximum atomic E-state index is 4.82. The summed E-state index contributed by atoms with van der Waals surface area (Å²) in [6, 6.07) is 1.92. The zero-order chi connectivity index (χ0) is 6.53. The van der Waals surface area contributed by atoms with Crippen molar-refractivity contribution in [2.75, 3.05) is 5.94 Å². The van der Waals surface area contributed by atoms with E-state index in [1.165, 1.54) is 0 Å². The van der Waals surface area contributed by atoms with Gasteiger partial charge in [-0.15, -0.1) is 12.6 Å². The number of hydrogen-bond donors (Lipinski definition) is 1. The predicted octanol–water partition coefficient (Wildman–Crippen LogP) is 0.543. The molecule has 0 spiro atoms. The molecule has 47 valence electrons. The molecular formula is C5H5N2OS. The Morgan fingerprint density at radius 3 is 3.22 bits per heavy atom. The maximum Gasteiger partial charge on any atom is 0.317 e. The van der Waals surface area contributed by atoms with E-state index in [0.29, 0.717) is 6.01 Å². The van der Waals surface area contributed by atoms with Gasteiger partial charge in [-0.2, -0.15) is 4.98 Å². The van der Waals surface area contributed by atoms with Gasteiger partial charge in [0.25, 0.3) is 0 Å². The lowest BCUT2D eigenvalue weighted by molar-refractivity contribution is 0.361. The number of ether oxygens (including phenoxy) is 1. The summed E-state index contributed by atoms with van der Waals surface area (Å²) in [4.78, 5) is 7.42. The SMILES string of the molecule is SCOc1n[c]ccn1. The summed E-state index contributed by atoms with van der Waals surface area (Å²) in [7, 11) is 0. The van der Waals surface area contributed by atoms with Gasteiger partial charge in [-0.25, -0.2) is 4.98 Å². The van der Waals surface area contributed by atoms with Crippen LogP contribution in [0.5, 0.6) is 6.01 Å². The maximum absolute atomic E-state index is 4.82. The third-order valence-corrected chi connectivity index (χ3v) is 0.817. The minimum Gasteiger partial charge on any atom is -0.453 e. The van der Waals surface area contributed by atoms with Crippen molar-refractivity contribution in [1.29, 1.82) is 0 Å². The Hall–Kier alpha value is -0.770. The van der Waals surface area contributed by atoms with Crippen LogP contribution in [0.15, 0.2) is 12.3 Å². The summed E-state index contributed by atoms with van der Waals surface area (Å²) in [5, 5.41) is 0. The van der Waals surface area contributed by atoms with Gasteiger partial charge < -0.3 is 4.74 Å². The molecule has 0 amide bonds. The Morgan fingerprint density at radius 2 is 2.67 bits per heavy atom. The zero-order valence-electron chi connectivity index (χ0n) is 4.61. The van der Waals surface area contributed by atoms with Crippen molar-refractivity contribution in [2.24, 2.45) is 0 Å². The van der Waals surface area contributed by atoms with E-state index in [0.717, 1.165) is 0 Å². The Morgan fingerprint density at radius 1 is 1.78 bits per heavy atom. The van der Waals surface area contributed by atoms with Gasteiger partial charge in [0.1, 0.15) is 5.94 Å². The summed E-state index contributed by atoms with van der Waals surface area (Å²) in [6.07, 6.45) is 4.14. The van der Waals surface area contributed by atoms with E-state index in [1.807, 2.05) is 0 Å². The van der Waals surface area contributed by atoms with Gasteiger partial charge in [-0.3, -0.25) is 0 Å². The molecule has 1 aromatic heterocycles. The van der Waals surface area contributed by atoms with Crippen LogP contribution in [0, 0.1) is 6.20 Å². The van der Waals surface area contributed by atoms with Crippen LogP contribution in [0.1, 0.15) is 0 Å². The highest BCUT2D eigenvalue weighted by Gasteiger charge is 1.88. The van der Waals surface area contributed by atoms with Gasteiger partial charge in [0, 0.05) is 6.20 Å². The first-order valence-corrected chi connectivity index (χ1v) is 2.99. The van der Waals surface area contributed by atoms with Crippen molar-refractivity contribution in [2.45, 2.75) is 0 Å². The summed E-state index contributed by atoms with van der Waals surface area (Å²) < 4.78 is 4.82. The van der Waals surface area contributed by atoms with Crippen molar-refractivity contribution in [3.63, 3.8) is 0 Å². The Bertz CT molecular complexity index is 168. The molecule has 0 aliphatic heterocycles. The smallest absolute Gasteiger partial charge is 0.317 e. The van der Waals surface area contributed by atoms with Crippen LogP contribution in [0.4, 0.5) is 0 Å². The van der Waals surface area contributed by atoms with Crippen LogP contribution < -0.4 is 4.74 Å². The highest BCUT2D eigenvalue weighted by molar-refractivity contribution is 7.80. The van der Waals surface area contributed by atoms with Crippen molar-refractivity contribution in [3.05, 3.63) is 18.5 Å². The molecule has 0 atom stereocenters. The van der Waals surface area contributed by atoms with Crippen molar-refractivity contribution in [1.82, 2.24) is 9.97 Å². The third-order valence-electron chi connectivity index (χ3n) is 0.688. The normalized spacial score (nSPS) is 9.00. The average molecular weight is 141 g/mol. The number of aromatic nitrogens is 2. The topological polar surface area (TPSA) is 35.0 Å². The van der Waals surface area contributed by atoms with Gasteiger partial charge in [-0.05, 0) is 6.07 Å². The number of thiol groups is 1. The minimum absolute atomic E-state index is 0.290. The monoisotopic (exact) mass is 141 g/mol. The molecule has 0 unspecified atom stereocenters. The first-order valence-electron chi connectivity index (χ1n) is 2.36. The lowest BCUT2D eigenvalue weighted by Gasteiger charge is -1.95. The fourth-order valence-corrected chi connectivity index (χ4v) is 0.498. The van der Waals surface area contributed by atoms with Gasteiger partial charge in [-0.1, -0.05) is 0 Å². The Kier molecular flexibility index (Phi) is 2.32. The van der Waals surface area contributed by atoms with Crippen LogP contribution in [-0.2, 0) is 0 Å². The van der Waals surface area contributed by atoms with Crippen molar-refractivity contribution >= 4 is 12.6 Å². The lowest BCUT2D eigenvalue weighted by Crippen LogP contribution is -1.93. The molecule has 0 aromatic carbocycles. The van der Waals surface area contributed by atoms with E-state index in [2.05, 4.69) is 28.8 Å². The van der Waals surface area contributed by atoms with E-state index in [1.54, 1.807) is 12.3 Å². The standard InChI is InChI=1S/C5H5N2OS/c9-4-8-5-6-2-1-3-7-5/h1-2,9H,4H2. The van der Waals surface area contributed by atoms with Crippen LogP contribution in [-0.4, -0.2) is 15.9 Å². The fraction of sp³-hybridized carbons (Fsp3) is 0.200. The molecule has 9 heavy (non-hydrogen) atoms. The molecule has 0 fully saturated rings. The largest absolute Gasteiger partial charge is 0.453 e. The van der Waals surface area contributed by atoms with Crippen molar-refractivity contribution < 1.29 is 4.74 Å². The van der Waals surface area contributed by atoms with E-state index in [-0.39, 0.29) is 5.94 Å². The summed E-state index contributed by atoms with van der Waals surface area (Å²) in [5.74, 6) is 0.290. The third kappa shape index (κ3) is 1.89. The van der Waals surface area contributed by atoms with E-state index in [9.17, 15) is 0 Å². The second-order valence-electron chi connectivity index (χ2n) is 1.24. The molecule has 0 saturated carbocycles. The van der Waals surface area contributed by atoms with Gasteiger partial charge >= 0.3 is 6.01 Å². The molecule has 0 aliphatic rings. The lowest BCUT2D eigenvalue weighted by atomic mass is 10.7. The molecule has 1 rings (SSSR count). The number of hydrogen-bond acceptors (Lipinski definition) is 4. The van der Waals surface area contributed by atoms with Crippen LogP contribution >= 0.6 is 12.6 Å². The molecule has 3 nitrogen and oxygen atoms in total. The van der Waals surface area contributed by atoms with E-state index >= 15 is 0 Å². The highest BCUT2D eigenvalue weighted by Crippen LogP contribution is 1.96. The highest BCUT2D eigenvalue weighted by atomic mass is 32.1. The summed E-state index contributed by atoms with van der Waals surface area (Å²) >= 11 is 3.82. The molecule has 0 bridgehead atoms. The predicted molar refractivity (Wildman–Crippen MR) is 35.3 cm³/mol. The van der Waals surface area contributed by atoms with Crippen LogP contribution in [0.3, 0.4) is 0 Å². The molecule has 0 N–H and O–H groups in total. The fourth-order valence-electron chi connectivity index (χ4n) is 0.383. The first-order chi connectivity index (χ1) is 4.43. The second kappa shape index (κ2) is 3.29. The molecule has 4 heteroatoms. The quantitative estimate of drug-likeness (QED) is 0.482. The van der Waals surface area contributed by atoms with E-state index in [4.69, 9.17) is 4.74 Å².